The highest BCUT2D eigenvalue weighted by molar-refractivity contribution is 5.77. The van der Waals surface area contributed by atoms with Crippen LogP contribution >= 0.6 is 0 Å². The van der Waals surface area contributed by atoms with Crippen molar-refractivity contribution in [2.45, 2.75) is 33.1 Å². The first-order valence-electron chi connectivity index (χ1n) is 4.91. The number of hydrogen-bond acceptors (Lipinski definition) is 2. The van der Waals surface area contributed by atoms with Gasteiger partial charge in [-0.15, -0.1) is 0 Å². The quantitative estimate of drug-likeness (QED) is 0.692. The Balaban J connectivity index is 2.30. The van der Waals surface area contributed by atoms with Gasteiger partial charge in [0.1, 0.15) is 0 Å². The zero-order chi connectivity index (χ0) is 9.68. The second-order valence-corrected chi connectivity index (χ2v) is 3.87. The Kier molecular flexibility index (Phi) is 3.80. The molecule has 0 saturated carbocycles. The third-order valence-electron chi connectivity index (χ3n) is 1.94. The summed E-state index contributed by atoms with van der Waals surface area (Å²) in [6.45, 7) is 5.11. The number of rotatable bonds is 3. The van der Waals surface area contributed by atoms with E-state index in [2.05, 4.69) is 10.6 Å². The van der Waals surface area contributed by atoms with Crippen LogP contribution in [0.4, 0.5) is 0 Å². The molecule has 3 nitrogen and oxygen atoms in total. The maximum atomic E-state index is 11.3. The minimum Gasteiger partial charge on any atom is -0.389 e. The Hall–Kier alpha value is -0.990. The molecule has 3 heteroatoms. The minimum atomic E-state index is 0.130. The molecule has 0 aliphatic carbocycles. The molecule has 1 aliphatic rings. The van der Waals surface area contributed by atoms with Crippen molar-refractivity contribution >= 4 is 5.91 Å². The van der Waals surface area contributed by atoms with E-state index in [-0.39, 0.29) is 5.91 Å². The second kappa shape index (κ2) is 4.90. The van der Waals surface area contributed by atoms with Gasteiger partial charge >= 0.3 is 0 Å². The first-order chi connectivity index (χ1) is 6.18. The Bertz CT molecular complexity index is 209. The van der Waals surface area contributed by atoms with E-state index in [0.29, 0.717) is 12.3 Å². The lowest BCUT2D eigenvalue weighted by Crippen LogP contribution is -2.28. The molecule has 1 heterocycles. The molecule has 0 aromatic heterocycles. The highest BCUT2D eigenvalue weighted by Crippen LogP contribution is 2.06. The zero-order valence-electron chi connectivity index (χ0n) is 8.39. The number of carbonyl (C=O) groups is 1. The molecule has 13 heavy (non-hydrogen) atoms. The van der Waals surface area contributed by atoms with Gasteiger partial charge in [0.05, 0.1) is 0 Å². The van der Waals surface area contributed by atoms with E-state index in [1.54, 1.807) is 0 Å². The van der Waals surface area contributed by atoms with Gasteiger partial charge < -0.3 is 10.6 Å². The van der Waals surface area contributed by atoms with Gasteiger partial charge in [-0.3, -0.25) is 4.79 Å². The van der Waals surface area contributed by atoms with E-state index in [9.17, 15) is 4.79 Å². The summed E-state index contributed by atoms with van der Waals surface area (Å²) < 4.78 is 0. The molecule has 0 radical (unpaired) electrons. The van der Waals surface area contributed by atoms with Crippen molar-refractivity contribution < 1.29 is 4.79 Å². The van der Waals surface area contributed by atoms with Gasteiger partial charge in [0.25, 0.3) is 0 Å². The summed E-state index contributed by atoms with van der Waals surface area (Å²) in [5, 5.41) is 6.03. The van der Waals surface area contributed by atoms with Crippen LogP contribution in [0.5, 0.6) is 0 Å². The summed E-state index contributed by atoms with van der Waals surface area (Å²) in [4.78, 5) is 11.3. The van der Waals surface area contributed by atoms with Crippen LogP contribution in [-0.4, -0.2) is 12.5 Å². The van der Waals surface area contributed by atoms with E-state index >= 15 is 0 Å². The van der Waals surface area contributed by atoms with Gasteiger partial charge in [-0.2, -0.15) is 0 Å². The Morgan fingerprint density at radius 3 is 3.00 bits per heavy atom. The maximum Gasteiger partial charge on any atom is 0.224 e. The molecule has 1 rings (SSSR count). The average Bonchev–Trinajstić information content (AvgIpc) is 2.04. The molecule has 0 saturated heterocycles. The predicted octanol–water partition coefficient (Wildman–Crippen LogP) is 1.37. The third kappa shape index (κ3) is 3.97. The summed E-state index contributed by atoms with van der Waals surface area (Å²) >= 11 is 0. The molecule has 74 valence electrons. The van der Waals surface area contributed by atoms with E-state index in [1.807, 2.05) is 20.0 Å². The summed E-state index contributed by atoms with van der Waals surface area (Å²) in [5.41, 5.74) is 1.02. The molecular weight excluding hydrogens is 164 g/mol. The van der Waals surface area contributed by atoms with E-state index in [4.69, 9.17) is 0 Å². The second-order valence-electron chi connectivity index (χ2n) is 3.87. The molecule has 0 aromatic rings. The predicted molar refractivity (Wildman–Crippen MR) is 52.9 cm³/mol. The average molecular weight is 182 g/mol. The fraction of sp³-hybridized carbons (Fsp3) is 0.700. The molecular formula is C10H18N2O. The van der Waals surface area contributed by atoms with Crippen molar-refractivity contribution in [1.82, 2.24) is 10.6 Å². The first-order valence-corrected chi connectivity index (χ1v) is 4.91. The fourth-order valence-corrected chi connectivity index (χ4v) is 1.35. The maximum absolute atomic E-state index is 11.3. The molecule has 1 amide bonds. The highest BCUT2D eigenvalue weighted by atomic mass is 16.1. The van der Waals surface area contributed by atoms with Crippen LogP contribution < -0.4 is 10.6 Å². The SMILES string of the molecule is CC(C)CC(=O)NC1=CNCCC1. The smallest absolute Gasteiger partial charge is 0.224 e. The van der Waals surface area contributed by atoms with Crippen LogP contribution in [0.15, 0.2) is 11.9 Å². The van der Waals surface area contributed by atoms with Gasteiger partial charge in [-0.1, -0.05) is 13.8 Å². The van der Waals surface area contributed by atoms with Crippen LogP contribution in [0, 0.1) is 5.92 Å². The van der Waals surface area contributed by atoms with Crippen LogP contribution in [0.2, 0.25) is 0 Å². The number of hydrogen-bond donors (Lipinski definition) is 2. The van der Waals surface area contributed by atoms with Crippen molar-refractivity contribution in [2.24, 2.45) is 5.92 Å². The molecule has 0 atom stereocenters. The van der Waals surface area contributed by atoms with Crippen LogP contribution in [0.1, 0.15) is 33.1 Å². The lowest BCUT2D eigenvalue weighted by atomic mass is 10.1. The largest absolute Gasteiger partial charge is 0.389 e. The van der Waals surface area contributed by atoms with Crippen LogP contribution in [-0.2, 0) is 4.79 Å². The highest BCUT2D eigenvalue weighted by Gasteiger charge is 2.08. The third-order valence-corrected chi connectivity index (χ3v) is 1.94. The van der Waals surface area contributed by atoms with Crippen LogP contribution in [0.3, 0.4) is 0 Å². The van der Waals surface area contributed by atoms with Crippen molar-refractivity contribution in [2.75, 3.05) is 6.54 Å². The molecule has 2 N–H and O–H groups in total. The van der Waals surface area contributed by atoms with Gasteiger partial charge in [-0.05, 0) is 18.8 Å². The number of carbonyl (C=O) groups excluding carboxylic acids is 1. The van der Waals surface area contributed by atoms with Crippen LogP contribution in [0.25, 0.3) is 0 Å². The molecule has 1 aliphatic heterocycles. The Morgan fingerprint density at radius 1 is 1.69 bits per heavy atom. The fourth-order valence-electron chi connectivity index (χ4n) is 1.35. The lowest BCUT2D eigenvalue weighted by molar-refractivity contribution is -0.121. The van der Waals surface area contributed by atoms with Crippen molar-refractivity contribution in [3.8, 4) is 0 Å². The van der Waals surface area contributed by atoms with E-state index < -0.39 is 0 Å². The van der Waals surface area contributed by atoms with Gasteiger partial charge in [0.15, 0.2) is 0 Å². The molecule has 0 bridgehead atoms. The minimum absolute atomic E-state index is 0.130. The molecule has 0 unspecified atom stereocenters. The van der Waals surface area contributed by atoms with E-state index in [0.717, 1.165) is 25.1 Å². The summed E-state index contributed by atoms with van der Waals surface area (Å²) in [7, 11) is 0. The molecule has 0 aromatic carbocycles. The van der Waals surface area contributed by atoms with Crippen molar-refractivity contribution in [3.05, 3.63) is 11.9 Å². The lowest BCUT2D eigenvalue weighted by Gasteiger charge is -2.15. The number of allylic oxidation sites excluding steroid dienone is 1. The number of nitrogens with one attached hydrogen (secondary N) is 2. The van der Waals surface area contributed by atoms with E-state index in [1.165, 1.54) is 0 Å². The van der Waals surface area contributed by atoms with Crippen molar-refractivity contribution in [1.29, 1.82) is 0 Å². The standard InChI is InChI=1S/C10H18N2O/c1-8(2)6-10(13)12-9-4-3-5-11-7-9/h7-8,11H,3-6H2,1-2H3,(H,12,13). The van der Waals surface area contributed by atoms with Gasteiger partial charge in [0, 0.05) is 24.9 Å². The summed E-state index contributed by atoms with van der Waals surface area (Å²) in [5.74, 6) is 0.557. The Labute approximate surface area is 79.6 Å². The summed E-state index contributed by atoms with van der Waals surface area (Å²) in [6, 6.07) is 0. The van der Waals surface area contributed by atoms with Gasteiger partial charge in [-0.25, -0.2) is 0 Å². The molecule has 0 spiro atoms. The zero-order valence-corrected chi connectivity index (χ0v) is 8.39. The monoisotopic (exact) mass is 182 g/mol. The number of amides is 1. The summed E-state index contributed by atoms with van der Waals surface area (Å²) in [6.07, 6.45) is 4.60. The van der Waals surface area contributed by atoms with Crippen molar-refractivity contribution in [3.63, 3.8) is 0 Å². The van der Waals surface area contributed by atoms with Gasteiger partial charge in [0.2, 0.25) is 5.91 Å². The molecule has 0 fully saturated rings. The Morgan fingerprint density at radius 2 is 2.46 bits per heavy atom. The normalized spacial score (nSPS) is 16.4. The first kappa shape index (κ1) is 10.1. The topological polar surface area (TPSA) is 41.1 Å².